The summed E-state index contributed by atoms with van der Waals surface area (Å²) in [7, 11) is 0. The molecule has 0 amide bonds. The molecule has 2 nitrogen and oxygen atoms in total. The van der Waals surface area contributed by atoms with E-state index in [1.807, 2.05) is 6.92 Å². The molecule has 0 aromatic rings. The zero-order valence-electron chi connectivity index (χ0n) is 5.36. The summed E-state index contributed by atoms with van der Waals surface area (Å²) in [5.41, 5.74) is 0. The molecule has 0 aliphatic rings. The van der Waals surface area contributed by atoms with Crippen LogP contribution >= 0.6 is 47.8 Å². The molecule has 0 heterocycles. The molecule has 0 saturated carbocycles. The highest BCUT2D eigenvalue weighted by Gasteiger charge is 2.21. The van der Waals surface area contributed by atoms with Crippen molar-refractivity contribution in [2.24, 2.45) is 0 Å². The smallest absolute Gasteiger partial charge is 0.308 e. The summed E-state index contributed by atoms with van der Waals surface area (Å²) >= 11 is 9.12. The topological polar surface area (TPSA) is 26.3 Å². The molecule has 0 aliphatic heterocycles. The molecule has 0 aromatic heterocycles. The van der Waals surface area contributed by atoms with Crippen LogP contribution in [0, 0.1) is 0 Å². The van der Waals surface area contributed by atoms with Crippen LogP contribution in [0.3, 0.4) is 0 Å². The van der Waals surface area contributed by atoms with Gasteiger partial charge in [0.25, 0.3) is 2.33 Å². The summed E-state index contributed by atoms with van der Waals surface area (Å²) in [6, 6.07) is 0. The molecule has 0 radical (unpaired) electrons. The van der Waals surface area contributed by atoms with E-state index < -0.39 is 2.33 Å². The second-order valence-electron chi connectivity index (χ2n) is 1.67. The van der Waals surface area contributed by atoms with Crippen molar-refractivity contribution < 1.29 is 9.53 Å². The van der Waals surface area contributed by atoms with Crippen LogP contribution in [0.1, 0.15) is 19.8 Å². The second kappa shape index (κ2) is 4.72. The van der Waals surface area contributed by atoms with Crippen molar-refractivity contribution in [2.45, 2.75) is 22.1 Å². The Hall–Kier alpha value is 0.910. The molecule has 0 spiro atoms. The van der Waals surface area contributed by atoms with Crippen LogP contribution in [0.2, 0.25) is 0 Å². The van der Waals surface area contributed by atoms with Gasteiger partial charge in [-0.15, -0.1) is 0 Å². The van der Waals surface area contributed by atoms with Gasteiger partial charge >= 0.3 is 5.97 Å². The van der Waals surface area contributed by atoms with Crippen molar-refractivity contribution in [3.05, 3.63) is 0 Å². The number of ether oxygens (including phenoxy) is 1. The van der Waals surface area contributed by atoms with Gasteiger partial charge in [0, 0.05) is 6.42 Å². The average molecular weight is 339 g/mol. The van der Waals surface area contributed by atoms with Gasteiger partial charge in [-0.25, -0.2) is 0 Å². The first-order chi connectivity index (χ1) is 4.45. The van der Waals surface area contributed by atoms with Gasteiger partial charge in [-0.05, 0) is 54.2 Å². The number of carbonyl (C=O) groups excluding carboxylic acids is 1. The molecule has 0 fully saturated rings. The third kappa shape index (κ3) is 7.02. The SMILES string of the molecule is CCCC(=O)OC(Br)(Br)Br. The molecule has 0 bridgehead atoms. The van der Waals surface area contributed by atoms with Crippen LogP contribution in [0.4, 0.5) is 0 Å². The Morgan fingerprint density at radius 2 is 2.00 bits per heavy atom. The van der Waals surface area contributed by atoms with Crippen molar-refractivity contribution in [1.29, 1.82) is 0 Å². The predicted molar refractivity (Wildman–Crippen MR) is 50.5 cm³/mol. The first-order valence-corrected chi connectivity index (χ1v) is 5.12. The first kappa shape index (κ1) is 10.9. The number of alkyl halides is 3. The van der Waals surface area contributed by atoms with E-state index in [0.717, 1.165) is 6.42 Å². The molecule has 0 saturated heterocycles. The van der Waals surface area contributed by atoms with E-state index in [1.165, 1.54) is 0 Å². The molecule has 5 heteroatoms. The van der Waals surface area contributed by atoms with Gasteiger partial charge in [-0.2, -0.15) is 0 Å². The van der Waals surface area contributed by atoms with E-state index in [9.17, 15) is 4.79 Å². The Morgan fingerprint density at radius 1 is 1.50 bits per heavy atom. The highest BCUT2D eigenvalue weighted by molar-refractivity contribution is 9.39. The lowest BCUT2D eigenvalue weighted by molar-refractivity contribution is -0.142. The summed E-state index contributed by atoms with van der Waals surface area (Å²) in [6.07, 6.45) is 1.23. The van der Waals surface area contributed by atoms with Crippen LogP contribution in [-0.2, 0) is 9.53 Å². The van der Waals surface area contributed by atoms with Gasteiger partial charge < -0.3 is 4.74 Å². The standard InChI is InChI=1S/C5H7Br3O2/c1-2-3-4(9)10-5(6,7)8/h2-3H2,1H3. The van der Waals surface area contributed by atoms with E-state index in [0.29, 0.717) is 6.42 Å². The molecule has 0 aromatic carbocycles. The van der Waals surface area contributed by atoms with Crippen LogP contribution in [0.5, 0.6) is 0 Å². The van der Waals surface area contributed by atoms with Gasteiger partial charge in [-0.3, -0.25) is 4.79 Å². The van der Waals surface area contributed by atoms with Gasteiger partial charge in [-0.1, -0.05) is 6.92 Å². The lowest BCUT2D eigenvalue weighted by atomic mass is 10.3. The molecule has 0 N–H and O–H groups in total. The molecule has 0 rings (SSSR count). The van der Waals surface area contributed by atoms with Crippen LogP contribution in [0.25, 0.3) is 0 Å². The minimum Gasteiger partial charge on any atom is -0.427 e. The Bertz CT molecular complexity index is 119. The summed E-state index contributed by atoms with van der Waals surface area (Å²) in [5, 5.41) is 0. The third-order valence-electron chi connectivity index (χ3n) is 0.684. The fraction of sp³-hybridized carbons (Fsp3) is 0.800. The molecular weight excluding hydrogens is 332 g/mol. The molecule has 60 valence electrons. The average Bonchev–Trinajstić information content (AvgIpc) is 1.59. The van der Waals surface area contributed by atoms with E-state index in [1.54, 1.807) is 0 Å². The van der Waals surface area contributed by atoms with Gasteiger partial charge in [0.05, 0.1) is 0 Å². The molecular formula is C5H7Br3O2. The minimum atomic E-state index is -0.890. The Kier molecular flexibility index (Phi) is 5.15. The number of hydrogen-bond donors (Lipinski definition) is 0. The maximum absolute atomic E-state index is 10.7. The van der Waals surface area contributed by atoms with E-state index in [2.05, 4.69) is 47.8 Å². The Balaban J connectivity index is 3.58. The zero-order valence-corrected chi connectivity index (χ0v) is 10.1. The van der Waals surface area contributed by atoms with Gasteiger partial charge in [0.1, 0.15) is 0 Å². The number of hydrogen-bond acceptors (Lipinski definition) is 2. The van der Waals surface area contributed by atoms with Crippen LogP contribution in [0.15, 0.2) is 0 Å². The highest BCUT2D eigenvalue weighted by Crippen LogP contribution is 2.34. The molecule has 0 aliphatic carbocycles. The van der Waals surface area contributed by atoms with E-state index >= 15 is 0 Å². The van der Waals surface area contributed by atoms with E-state index in [-0.39, 0.29) is 5.97 Å². The zero-order chi connectivity index (χ0) is 8.20. The van der Waals surface area contributed by atoms with Crippen LogP contribution < -0.4 is 0 Å². The number of rotatable bonds is 2. The molecule has 0 unspecified atom stereocenters. The number of esters is 1. The predicted octanol–water partition coefficient (Wildman–Crippen LogP) is 3.13. The Labute approximate surface area is 85.1 Å². The van der Waals surface area contributed by atoms with Crippen LogP contribution in [-0.4, -0.2) is 8.30 Å². The summed E-state index contributed by atoms with van der Waals surface area (Å²) < 4.78 is 3.90. The van der Waals surface area contributed by atoms with Crippen molar-refractivity contribution in [2.75, 3.05) is 0 Å². The fourth-order valence-electron chi connectivity index (χ4n) is 0.384. The number of carbonyl (C=O) groups is 1. The fourth-order valence-corrected chi connectivity index (χ4v) is 0.926. The quantitative estimate of drug-likeness (QED) is 0.571. The summed E-state index contributed by atoms with van der Waals surface area (Å²) in [6.45, 7) is 1.92. The largest absolute Gasteiger partial charge is 0.427 e. The number of halogens is 3. The molecule has 10 heavy (non-hydrogen) atoms. The maximum atomic E-state index is 10.7. The second-order valence-corrected chi connectivity index (χ2v) is 8.21. The first-order valence-electron chi connectivity index (χ1n) is 2.74. The van der Waals surface area contributed by atoms with Crippen molar-refractivity contribution in [3.8, 4) is 0 Å². The van der Waals surface area contributed by atoms with E-state index in [4.69, 9.17) is 4.74 Å². The minimum absolute atomic E-state index is 0.242. The van der Waals surface area contributed by atoms with Crippen molar-refractivity contribution in [3.63, 3.8) is 0 Å². The van der Waals surface area contributed by atoms with Crippen molar-refractivity contribution in [1.82, 2.24) is 0 Å². The monoisotopic (exact) mass is 336 g/mol. The maximum Gasteiger partial charge on any atom is 0.308 e. The van der Waals surface area contributed by atoms with Gasteiger partial charge in [0.15, 0.2) is 0 Å². The summed E-state index contributed by atoms with van der Waals surface area (Å²) in [4.78, 5) is 10.7. The van der Waals surface area contributed by atoms with Gasteiger partial charge in [0.2, 0.25) is 0 Å². The summed E-state index contributed by atoms with van der Waals surface area (Å²) in [5.74, 6) is -0.242. The lowest BCUT2D eigenvalue weighted by Crippen LogP contribution is -2.13. The van der Waals surface area contributed by atoms with Crippen molar-refractivity contribution >= 4 is 53.8 Å². The highest BCUT2D eigenvalue weighted by atomic mass is 80.0. The third-order valence-corrected chi connectivity index (χ3v) is 1.17. The normalized spacial score (nSPS) is 11.2. The Morgan fingerprint density at radius 3 is 2.30 bits per heavy atom. The molecule has 0 atom stereocenters. The lowest BCUT2D eigenvalue weighted by Gasteiger charge is -2.12.